The summed E-state index contributed by atoms with van der Waals surface area (Å²) >= 11 is 0. The van der Waals surface area contributed by atoms with Crippen LogP contribution in [0.2, 0.25) is 0 Å². The topological polar surface area (TPSA) is 89.9 Å². The van der Waals surface area contributed by atoms with Crippen LogP contribution in [0.15, 0.2) is 24.0 Å². The fraction of sp³-hybridized carbons (Fsp3) is 0. The summed E-state index contributed by atoms with van der Waals surface area (Å²) < 4.78 is 0. The molecule has 0 rings (SSSR count). The van der Waals surface area contributed by atoms with Crippen molar-refractivity contribution in [1.82, 2.24) is 0 Å². The average molecular weight is 160 g/mol. The van der Waals surface area contributed by atoms with Crippen LogP contribution in [0.25, 0.3) is 0 Å². The van der Waals surface area contributed by atoms with Crippen LogP contribution in [-0.2, 0) is 4.79 Å². The summed E-state index contributed by atoms with van der Waals surface area (Å²) in [7, 11) is 0. The number of hydrogen-bond donors (Lipinski definition) is 1. The third-order valence-corrected chi connectivity index (χ3v) is 0.727. The Kier molecular flexibility index (Phi) is 8.60. The van der Waals surface area contributed by atoms with Gasteiger partial charge < -0.3 is 10.8 Å². The molecule has 2 N–H and O–H groups in total. The number of nitrogens with zero attached hydrogens (tertiary/aromatic N) is 1. The molecule has 0 spiro atoms. The van der Waals surface area contributed by atoms with Crippen LogP contribution < -0.4 is 40.4 Å². The summed E-state index contributed by atoms with van der Waals surface area (Å²) in [4.78, 5) is 10.2. The van der Waals surface area contributed by atoms with E-state index in [1.165, 1.54) is 6.07 Å². The first-order valence-corrected chi connectivity index (χ1v) is 2.41. The zero-order chi connectivity index (χ0) is 7.98. The summed E-state index contributed by atoms with van der Waals surface area (Å²) in [5.41, 5.74) is 4.49. The van der Waals surface area contributed by atoms with E-state index in [4.69, 9.17) is 11.0 Å². The first kappa shape index (κ1) is 12.9. The minimum Gasteiger partial charge on any atom is -0.878 e. The van der Waals surface area contributed by atoms with Gasteiger partial charge in [0.25, 0.3) is 5.91 Å². The molecule has 0 radical (unpaired) electrons. The van der Waals surface area contributed by atoms with Gasteiger partial charge in [0.1, 0.15) is 11.6 Å². The largest absolute Gasteiger partial charge is 1.00 e. The minimum absolute atomic E-state index is 0. The number of amides is 1. The maximum Gasteiger partial charge on any atom is 1.00 e. The SMILES string of the molecule is N#C/C(=C\C=C\[O-])C(N)=O.[Na+]. The number of rotatable bonds is 2. The molecule has 0 aromatic carbocycles. The van der Waals surface area contributed by atoms with Gasteiger partial charge in [-0.2, -0.15) is 5.26 Å². The monoisotopic (exact) mass is 160 g/mol. The Labute approximate surface area is 86.3 Å². The Morgan fingerprint density at radius 1 is 1.64 bits per heavy atom. The van der Waals surface area contributed by atoms with Crippen molar-refractivity contribution in [2.75, 3.05) is 0 Å². The van der Waals surface area contributed by atoms with Gasteiger partial charge >= 0.3 is 29.6 Å². The predicted molar refractivity (Wildman–Crippen MR) is 32.0 cm³/mol. The molecule has 0 aromatic rings. The second-order valence-electron chi connectivity index (χ2n) is 1.38. The molecular formula is C6H5N2NaO2. The van der Waals surface area contributed by atoms with Crippen molar-refractivity contribution in [3.63, 3.8) is 0 Å². The molecule has 4 nitrogen and oxygen atoms in total. The maximum absolute atomic E-state index is 10.2. The quantitative estimate of drug-likeness (QED) is 0.146. The van der Waals surface area contributed by atoms with Crippen LogP contribution in [0.3, 0.4) is 0 Å². The van der Waals surface area contributed by atoms with Gasteiger partial charge in [0.2, 0.25) is 0 Å². The summed E-state index contributed by atoms with van der Waals surface area (Å²) in [6.45, 7) is 0. The average Bonchev–Trinajstić information content (AvgIpc) is 1.89. The van der Waals surface area contributed by atoms with Gasteiger partial charge in [-0.3, -0.25) is 4.79 Å². The molecule has 0 bridgehead atoms. The Balaban J connectivity index is 0. The second kappa shape index (κ2) is 7.35. The maximum atomic E-state index is 10.2. The van der Waals surface area contributed by atoms with E-state index in [1.54, 1.807) is 0 Å². The molecule has 0 saturated carbocycles. The zero-order valence-electron chi connectivity index (χ0n) is 6.07. The molecule has 0 unspecified atom stereocenters. The molecule has 0 atom stereocenters. The van der Waals surface area contributed by atoms with E-state index in [9.17, 15) is 9.90 Å². The summed E-state index contributed by atoms with van der Waals surface area (Å²) in [5.74, 6) is -0.833. The third kappa shape index (κ3) is 5.67. The van der Waals surface area contributed by atoms with Crippen LogP contribution in [0.1, 0.15) is 0 Å². The van der Waals surface area contributed by atoms with Gasteiger partial charge in [0.15, 0.2) is 0 Å². The Morgan fingerprint density at radius 3 is 2.45 bits per heavy atom. The molecular weight excluding hydrogens is 155 g/mol. The molecule has 0 saturated heterocycles. The van der Waals surface area contributed by atoms with E-state index >= 15 is 0 Å². The van der Waals surface area contributed by atoms with Gasteiger partial charge in [-0.05, 0) is 6.08 Å². The van der Waals surface area contributed by atoms with Gasteiger partial charge in [0.05, 0.1) is 0 Å². The van der Waals surface area contributed by atoms with Gasteiger partial charge in [-0.25, -0.2) is 0 Å². The predicted octanol–water partition coefficient (Wildman–Crippen LogP) is -4.20. The first-order chi connectivity index (χ1) is 4.72. The fourth-order valence-electron chi connectivity index (χ4n) is 0.310. The van der Waals surface area contributed by atoms with Gasteiger partial charge in [0, 0.05) is 0 Å². The standard InChI is InChI=1S/C6H6N2O2.Na/c7-4-5(6(8)10)2-1-3-9;/h1-3,9H,(H2,8,10);/q;+1/p-1/b3-1+,5-2+;. The van der Waals surface area contributed by atoms with Crippen molar-refractivity contribution in [2.45, 2.75) is 0 Å². The molecule has 0 aliphatic heterocycles. The third-order valence-electron chi connectivity index (χ3n) is 0.727. The van der Waals surface area contributed by atoms with Crippen molar-refractivity contribution < 1.29 is 39.5 Å². The number of primary amides is 1. The number of carbonyl (C=O) groups excluding carboxylic acids is 1. The van der Waals surface area contributed by atoms with Crippen LogP contribution in [-0.4, -0.2) is 5.91 Å². The van der Waals surface area contributed by atoms with Gasteiger partial charge in [-0.1, -0.05) is 6.08 Å². The summed E-state index contributed by atoms with van der Waals surface area (Å²) in [5, 5.41) is 17.9. The van der Waals surface area contributed by atoms with E-state index in [0.717, 1.165) is 12.2 Å². The number of nitrogens with two attached hydrogens (primary N) is 1. The minimum atomic E-state index is -0.833. The van der Waals surface area contributed by atoms with Crippen LogP contribution in [0, 0.1) is 11.3 Å². The molecule has 5 heteroatoms. The molecule has 11 heavy (non-hydrogen) atoms. The van der Waals surface area contributed by atoms with E-state index in [-0.39, 0.29) is 35.1 Å². The molecule has 0 aliphatic rings. The number of carbonyl (C=O) groups is 1. The smallest absolute Gasteiger partial charge is 0.878 e. The molecule has 0 aromatic heterocycles. The molecule has 0 heterocycles. The van der Waals surface area contributed by atoms with Crippen molar-refractivity contribution in [3.8, 4) is 6.07 Å². The van der Waals surface area contributed by atoms with E-state index in [2.05, 4.69) is 0 Å². The molecule has 1 amide bonds. The zero-order valence-corrected chi connectivity index (χ0v) is 8.07. The number of nitriles is 1. The number of hydrogen-bond acceptors (Lipinski definition) is 3. The van der Waals surface area contributed by atoms with Crippen molar-refractivity contribution >= 4 is 5.91 Å². The van der Waals surface area contributed by atoms with E-state index in [1.807, 2.05) is 0 Å². The number of allylic oxidation sites excluding steroid dienone is 2. The van der Waals surface area contributed by atoms with Crippen LogP contribution >= 0.6 is 0 Å². The van der Waals surface area contributed by atoms with Crippen LogP contribution in [0.4, 0.5) is 0 Å². The van der Waals surface area contributed by atoms with Crippen molar-refractivity contribution in [1.29, 1.82) is 5.26 Å². The Bertz CT molecular complexity index is 227. The fourth-order valence-corrected chi connectivity index (χ4v) is 0.310. The first-order valence-electron chi connectivity index (χ1n) is 2.41. The Morgan fingerprint density at radius 2 is 2.18 bits per heavy atom. The molecule has 0 aliphatic carbocycles. The van der Waals surface area contributed by atoms with Crippen LogP contribution in [0.5, 0.6) is 0 Å². The normalized spacial score (nSPS) is 10.3. The molecule has 0 fully saturated rings. The summed E-state index contributed by atoms with van der Waals surface area (Å²) in [6, 6.07) is 1.53. The van der Waals surface area contributed by atoms with E-state index in [0.29, 0.717) is 6.26 Å². The van der Waals surface area contributed by atoms with E-state index < -0.39 is 5.91 Å². The summed E-state index contributed by atoms with van der Waals surface area (Å²) in [6.07, 6.45) is 2.55. The Hall–Kier alpha value is -0.760. The van der Waals surface area contributed by atoms with Crippen molar-refractivity contribution in [2.24, 2.45) is 5.73 Å². The van der Waals surface area contributed by atoms with Gasteiger partial charge in [-0.15, -0.1) is 6.26 Å². The molecule has 52 valence electrons. The second-order valence-corrected chi connectivity index (χ2v) is 1.38. The van der Waals surface area contributed by atoms with Crippen molar-refractivity contribution in [3.05, 3.63) is 24.0 Å².